The van der Waals surface area contributed by atoms with Gasteiger partial charge in [0.05, 0.1) is 6.04 Å². The third-order valence-electron chi connectivity index (χ3n) is 5.56. The van der Waals surface area contributed by atoms with Crippen LogP contribution >= 0.6 is 0 Å². The van der Waals surface area contributed by atoms with Crippen LogP contribution in [0.1, 0.15) is 58.8 Å². The highest BCUT2D eigenvalue weighted by Gasteiger charge is 2.37. The molecular weight excluding hydrogens is 326 g/mol. The molecule has 0 unspecified atom stereocenters. The first kappa shape index (κ1) is 18.7. The normalized spacial score (nSPS) is 22.2. The highest BCUT2D eigenvalue weighted by molar-refractivity contribution is 5.90. The van der Waals surface area contributed by atoms with E-state index in [9.17, 15) is 9.59 Å². The molecule has 142 valence electrons. The number of rotatable bonds is 5. The average Bonchev–Trinajstić information content (AvgIpc) is 2.81. The molecule has 3 rings (SSSR count). The van der Waals surface area contributed by atoms with Crippen molar-refractivity contribution < 1.29 is 9.59 Å². The van der Waals surface area contributed by atoms with Crippen molar-refractivity contribution in [3.8, 4) is 0 Å². The molecule has 26 heavy (non-hydrogen) atoms. The number of likely N-dealkylation sites (tertiary alicyclic amines) is 1. The molecule has 1 atom stereocenters. The number of benzene rings is 1. The molecule has 1 saturated heterocycles. The molecule has 1 aromatic rings. The summed E-state index contributed by atoms with van der Waals surface area (Å²) >= 11 is 0. The Kier molecular flexibility index (Phi) is 5.84. The number of para-hydroxylation sites is 1. The number of carbonyl (C=O) groups excluding carboxylic acids is 2. The molecule has 2 amide bonds. The summed E-state index contributed by atoms with van der Waals surface area (Å²) in [5.74, 6) is 0.123. The van der Waals surface area contributed by atoms with Crippen molar-refractivity contribution in [2.75, 3.05) is 11.9 Å². The summed E-state index contributed by atoms with van der Waals surface area (Å²) in [5, 5.41) is 6.37. The number of amides is 2. The maximum Gasteiger partial charge on any atom is 0.245 e. The number of hydrogen-bond donors (Lipinski definition) is 2. The second-order valence-electron chi connectivity index (χ2n) is 8.18. The van der Waals surface area contributed by atoms with Crippen LogP contribution in [0.15, 0.2) is 30.3 Å². The fraction of sp³-hybridized carbons (Fsp3) is 0.619. The fourth-order valence-corrected chi connectivity index (χ4v) is 4.06. The first-order valence-electron chi connectivity index (χ1n) is 9.89. The Morgan fingerprint density at radius 1 is 1.08 bits per heavy atom. The predicted octanol–water partition coefficient (Wildman–Crippen LogP) is 3.32. The highest BCUT2D eigenvalue weighted by Crippen LogP contribution is 2.26. The zero-order valence-electron chi connectivity index (χ0n) is 16.0. The minimum Gasteiger partial charge on any atom is -0.372 e. The van der Waals surface area contributed by atoms with E-state index in [-0.39, 0.29) is 17.9 Å². The Bertz CT molecular complexity index is 621. The Labute approximate surface area is 156 Å². The number of hydrogen-bond acceptors (Lipinski definition) is 3. The van der Waals surface area contributed by atoms with Gasteiger partial charge < -0.3 is 15.5 Å². The molecule has 0 spiro atoms. The molecule has 0 radical (unpaired) electrons. The molecule has 2 aliphatic rings. The molecule has 1 aliphatic heterocycles. The number of nitrogens with zero attached hydrogens (tertiary/aromatic N) is 1. The number of carbonyl (C=O) groups is 2. The van der Waals surface area contributed by atoms with Crippen LogP contribution in [0, 0.1) is 0 Å². The van der Waals surface area contributed by atoms with E-state index < -0.39 is 5.54 Å². The van der Waals surface area contributed by atoms with Gasteiger partial charge in [-0.1, -0.05) is 43.9 Å². The largest absolute Gasteiger partial charge is 0.372 e. The third kappa shape index (κ3) is 4.57. The summed E-state index contributed by atoms with van der Waals surface area (Å²) in [4.78, 5) is 27.3. The van der Waals surface area contributed by atoms with E-state index in [1.165, 1.54) is 25.7 Å². The summed E-state index contributed by atoms with van der Waals surface area (Å²) < 4.78 is 0. The summed E-state index contributed by atoms with van der Waals surface area (Å²) in [6, 6.07) is 10.00. The SMILES string of the molecule is CC(C)(Nc1ccccc1)C(=O)N[C@H]1CC(=O)N(C2CCCCCC2)C1. The van der Waals surface area contributed by atoms with E-state index in [0.717, 1.165) is 18.5 Å². The van der Waals surface area contributed by atoms with Gasteiger partial charge in [-0.05, 0) is 38.8 Å². The molecule has 0 bridgehead atoms. The maximum atomic E-state index is 12.8. The second kappa shape index (κ2) is 8.11. The van der Waals surface area contributed by atoms with Crippen molar-refractivity contribution >= 4 is 17.5 Å². The van der Waals surface area contributed by atoms with Crippen molar-refractivity contribution in [3.05, 3.63) is 30.3 Å². The van der Waals surface area contributed by atoms with E-state index in [0.29, 0.717) is 19.0 Å². The fourth-order valence-electron chi connectivity index (χ4n) is 4.06. The Morgan fingerprint density at radius 3 is 2.38 bits per heavy atom. The first-order valence-corrected chi connectivity index (χ1v) is 9.89. The zero-order valence-corrected chi connectivity index (χ0v) is 16.0. The third-order valence-corrected chi connectivity index (χ3v) is 5.56. The van der Waals surface area contributed by atoms with Crippen LogP contribution < -0.4 is 10.6 Å². The monoisotopic (exact) mass is 357 g/mol. The zero-order chi connectivity index (χ0) is 18.6. The van der Waals surface area contributed by atoms with E-state index in [4.69, 9.17) is 0 Å². The van der Waals surface area contributed by atoms with Crippen molar-refractivity contribution in [1.29, 1.82) is 0 Å². The lowest BCUT2D eigenvalue weighted by Gasteiger charge is -2.29. The van der Waals surface area contributed by atoms with Gasteiger partial charge in [-0.3, -0.25) is 9.59 Å². The van der Waals surface area contributed by atoms with Crippen molar-refractivity contribution in [2.45, 2.75) is 76.4 Å². The molecule has 5 nitrogen and oxygen atoms in total. The van der Waals surface area contributed by atoms with Crippen LogP contribution in [0.4, 0.5) is 5.69 Å². The molecule has 1 heterocycles. The summed E-state index contributed by atoms with van der Waals surface area (Å²) in [6.45, 7) is 4.39. The molecule has 1 saturated carbocycles. The average molecular weight is 357 g/mol. The quantitative estimate of drug-likeness (QED) is 0.795. The molecule has 5 heteroatoms. The van der Waals surface area contributed by atoms with Gasteiger partial charge in [0.2, 0.25) is 11.8 Å². The van der Waals surface area contributed by atoms with E-state index in [1.807, 2.05) is 49.1 Å². The van der Waals surface area contributed by atoms with Gasteiger partial charge in [0, 0.05) is 24.7 Å². The van der Waals surface area contributed by atoms with E-state index in [1.54, 1.807) is 0 Å². The van der Waals surface area contributed by atoms with Gasteiger partial charge in [-0.2, -0.15) is 0 Å². The lowest BCUT2D eigenvalue weighted by atomic mass is 10.0. The molecule has 2 fully saturated rings. The minimum atomic E-state index is -0.736. The Morgan fingerprint density at radius 2 is 1.73 bits per heavy atom. The molecule has 0 aromatic heterocycles. The molecule has 2 N–H and O–H groups in total. The Hall–Kier alpha value is -2.04. The van der Waals surface area contributed by atoms with Gasteiger partial charge in [0.1, 0.15) is 5.54 Å². The van der Waals surface area contributed by atoms with Crippen molar-refractivity contribution in [3.63, 3.8) is 0 Å². The highest BCUT2D eigenvalue weighted by atomic mass is 16.2. The van der Waals surface area contributed by atoms with Crippen LogP contribution in [0.5, 0.6) is 0 Å². The predicted molar refractivity (Wildman–Crippen MR) is 104 cm³/mol. The molecular formula is C21H31N3O2. The Balaban J connectivity index is 1.56. The van der Waals surface area contributed by atoms with Crippen molar-refractivity contribution in [2.24, 2.45) is 0 Å². The number of anilines is 1. The van der Waals surface area contributed by atoms with Crippen LogP contribution in [0.3, 0.4) is 0 Å². The standard InChI is InChI=1S/C21H31N3O2/c1-21(2,23-16-10-6-5-7-11-16)20(26)22-17-14-19(25)24(15-17)18-12-8-3-4-9-13-18/h5-7,10-11,17-18,23H,3-4,8-9,12-15H2,1-2H3,(H,22,26)/t17-/m0/s1. The lowest BCUT2D eigenvalue weighted by Crippen LogP contribution is -2.52. The first-order chi connectivity index (χ1) is 12.5. The van der Waals surface area contributed by atoms with Crippen LogP contribution in [-0.4, -0.2) is 40.9 Å². The number of nitrogens with one attached hydrogen (secondary N) is 2. The van der Waals surface area contributed by atoms with Gasteiger partial charge in [-0.15, -0.1) is 0 Å². The smallest absolute Gasteiger partial charge is 0.245 e. The van der Waals surface area contributed by atoms with Crippen LogP contribution in [0.25, 0.3) is 0 Å². The topological polar surface area (TPSA) is 61.4 Å². The maximum absolute atomic E-state index is 12.8. The van der Waals surface area contributed by atoms with Gasteiger partial charge in [0.25, 0.3) is 0 Å². The lowest BCUT2D eigenvalue weighted by molar-refractivity contribution is -0.129. The summed E-state index contributed by atoms with van der Waals surface area (Å²) in [7, 11) is 0. The van der Waals surface area contributed by atoms with Gasteiger partial charge >= 0.3 is 0 Å². The van der Waals surface area contributed by atoms with Crippen molar-refractivity contribution in [1.82, 2.24) is 10.2 Å². The van der Waals surface area contributed by atoms with Crippen LogP contribution in [-0.2, 0) is 9.59 Å². The minimum absolute atomic E-state index is 0.0677. The van der Waals surface area contributed by atoms with E-state index >= 15 is 0 Å². The van der Waals surface area contributed by atoms with E-state index in [2.05, 4.69) is 10.6 Å². The molecule has 1 aromatic carbocycles. The van der Waals surface area contributed by atoms with Gasteiger partial charge in [-0.25, -0.2) is 0 Å². The second-order valence-corrected chi connectivity index (χ2v) is 8.18. The summed E-state index contributed by atoms with van der Waals surface area (Å²) in [6.07, 6.45) is 7.60. The van der Waals surface area contributed by atoms with Crippen LogP contribution in [0.2, 0.25) is 0 Å². The van der Waals surface area contributed by atoms with Gasteiger partial charge in [0.15, 0.2) is 0 Å². The molecule has 1 aliphatic carbocycles. The summed E-state index contributed by atoms with van der Waals surface area (Å²) in [5.41, 5.74) is 0.176.